The van der Waals surface area contributed by atoms with Crippen LogP contribution in [0.5, 0.6) is 11.6 Å². The van der Waals surface area contributed by atoms with Gasteiger partial charge in [-0.1, -0.05) is 6.07 Å². The van der Waals surface area contributed by atoms with Crippen LogP contribution >= 0.6 is 15.9 Å². The zero-order chi connectivity index (χ0) is 10.7. The molecule has 0 radical (unpaired) electrons. The van der Waals surface area contributed by atoms with Gasteiger partial charge in [-0.25, -0.2) is 0 Å². The topological polar surface area (TPSA) is 35.0 Å². The number of ether oxygens (including phenoxy) is 1. The van der Waals surface area contributed by atoms with Crippen LogP contribution in [0.25, 0.3) is 0 Å². The Morgan fingerprint density at radius 1 is 1.27 bits per heavy atom. The molecule has 0 N–H and O–H groups in total. The molecule has 5 heteroatoms. The summed E-state index contributed by atoms with van der Waals surface area (Å²) in [5, 5.41) is 0. The molecule has 76 valence electrons. The monoisotopic (exact) mass is 268 g/mol. The molecule has 3 nitrogen and oxygen atoms in total. The number of hydrogen-bond acceptors (Lipinski definition) is 3. The van der Waals surface area contributed by atoms with Gasteiger partial charge in [-0.05, 0) is 28.1 Å². The molecule has 15 heavy (non-hydrogen) atoms. The Bertz CT molecular complexity index is 435. The Hall–Kier alpha value is -1.49. The first-order chi connectivity index (χ1) is 7.24. The second-order valence-corrected chi connectivity index (χ2v) is 3.66. The molecule has 2 rings (SSSR count). The minimum atomic E-state index is -0.574. The molecule has 0 bridgehead atoms. The lowest BCUT2D eigenvalue weighted by molar-refractivity contribution is 0.443. The lowest BCUT2D eigenvalue weighted by atomic mass is 10.4. The van der Waals surface area contributed by atoms with Crippen LogP contribution in [0.2, 0.25) is 0 Å². The third kappa shape index (κ3) is 2.73. The minimum absolute atomic E-state index is 0.204. The molecular weight excluding hydrogens is 263 g/mol. The van der Waals surface area contributed by atoms with E-state index in [0.29, 0.717) is 5.75 Å². The van der Waals surface area contributed by atoms with Crippen molar-refractivity contribution in [1.82, 2.24) is 9.97 Å². The van der Waals surface area contributed by atoms with E-state index >= 15 is 0 Å². The molecule has 0 amide bonds. The SMILES string of the molecule is Fc1cccc(Oc2cncc(Br)c2)n1. The van der Waals surface area contributed by atoms with Gasteiger partial charge in [-0.2, -0.15) is 9.37 Å². The summed E-state index contributed by atoms with van der Waals surface area (Å²) < 4.78 is 18.8. The van der Waals surface area contributed by atoms with Crippen LogP contribution < -0.4 is 4.74 Å². The van der Waals surface area contributed by atoms with Gasteiger partial charge in [-0.3, -0.25) is 4.98 Å². The van der Waals surface area contributed by atoms with Gasteiger partial charge >= 0.3 is 0 Å². The molecule has 0 aliphatic heterocycles. The summed E-state index contributed by atoms with van der Waals surface area (Å²) in [7, 11) is 0. The maximum absolute atomic E-state index is 12.7. The number of halogens is 2. The van der Waals surface area contributed by atoms with Crippen molar-refractivity contribution >= 4 is 15.9 Å². The van der Waals surface area contributed by atoms with Crippen LogP contribution in [0.4, 0.5) is 4.39 Å². The molecule has 2 heterocycles. The average molecular weight is 269 g/mol. The van der Waals surface area contributed by atoms with Crippen LogP contribution in [0.3, 0.4) is 0 Å². The standard InChI is InChI=1S/C10H6BrFN2O/c11-7-4-8(6-13-5-7)15-10-3-1-2-9(12)14-10/h1-6H. The fourth-order valence-corrected chi connectivity index (χ4v) is 1.36. The molecular formula is C10H6BrFN2O. The van der Waals surface area contributed by atoms with Crippen LogP contribution in [0.15, 0.2) is 41.1 Å². The van der Waals surface area contributed by atoms with Crippen molar-refractivity contribution in [3.63, 3.8) is 0 Å². The minimum Gasteiger partial charge on any atom is -0.437 e. The first kappa shape index (κ1) is 10.0. The molecule has 0 aliphatic rings. The average Bonchev–Trinajstić information content (AvgIpc) is 2.17. The number of pyridine rings is 2. The summed E-state index contributed by atoms with van der Waals surface area (Å²) >= 11 is 3.25. The van der Waals surface area contributed by atoms with Crippen molar-refractivity contribution in [2.24, 2.45) is 0 Å². The summed E-state index contributed by atoms with van der Waals surface area (Å²) in [6.45, 7) is 0. The summed E-state index contributed by atoms with van der Waals surface area (Å²) in [5.74, 6) is 0.132. The summed E-state index contributed by atoms with van der Waals surface area (Å²) in [4.78, 5) is 7.48. The predicted octanol–water partition coefficient (Wildman–Crippen LogP) is 3.17. The van der Waals surface area contributed by atoms with Gasteiger partial charge < -0.3 is 4.74 Å². The highest BCUT2D eigenvalue weighted by atomic mass is 79.9. The lowest BCUT2D eigenvalue weighted by Gasteiger charge is -2.03. The quantitative estimate of drug-likeness (QED) is 0.785. The Labute approximate surface area is 94.1 Å². The summed E-state index contributed by atoms with van der Waals surface area (Å²) in [6, 6.07) is 6.08. The summed E-state index contributed by atoms with van der Waals surface area (Å²) in [6.07, 6.45) is 3.16. The van der Waals surface area contributed by atoms with E-state index in [9.17, 15) is 4.39 Å². The van der Waals surface area contributed by atoms with Gasteiger partial charge in [0.25, 0.3) is 0 Å². The van der Waals surface area contributed by atoms with E-state index in [0.717, 1.165) is 4.47 Å². The van der Waals surface area contributed by atoms with E-state index in [1.165, 1.54) is 18.3 Å². The van der Waals surface area contributed by atoms with Crippen molar-refractivity contribution in [1.29, 1.82) is 0 Å². The number of hydrogen-bond donors (Lipinski definition) is 0. The van der Waals surface area contributed by atoms with E-state index in [4.69, 9.17) is 4.74 Å². The van der Waals surface area contributed by atoms with Gasteiger partial charge in [0.1, 0.15) is 5.75 Å². The fourth-order valence-electron chi connectivity index (χ4n) is 1.02. The van der Waals surface area contributed by atoms with Gasteiger partial charge in [0.15, 0.2) is 0 Å². The Kier molecular flexibility index (Phi) is 2.91. The fraction of sp³-hybridized carbons (Fsp3) is 0. The Morgan fingerprint density at radius 2 is 2.13 bits per heavy atom. The van der Waals surface area contributed by atoms with Gasteiger partial charge in [0.05, 0.1) is 6.20 Å². The van der Waals surface area contributed by atoms with Crippen molar-refractivity contribution in [3.05, 3.63) is 47.1 Å². The highest BCUT2D eigenvalue weighted by Gasteiger charge is 2.00. The third-order valence-electron chi connectivity index (χ3n) is 1.59. The molecule has 0 saturated carbocycles. The van der Waals surface area contributed by atoms with Crippen LogP contribution in [-0.4, -0.2) is 9.97 Å². The lowest BCUT2D eigenvalue weighted by Crippen LogP contribution is -1.90. The van der Waals surface area contributed by atoms with Crippen LogP contribution in [-0.2, 0) is 0 Å². The first-order valence-electron chi connectivity index (χ1n) is 4.15. The zero-order valence-corrected chi connectivity index (χ0v) is 9.11. The predicted molar refractivity (Wildman–Crippen MR) is 56.2 cm³/mol. The highest BCUT2D eigenvalue weighted by Crippen LogP contribution is 2.21. The van der Waals surface area contributed by atoms with Crippen LogP contribution in [0, 0.1) is 5.95 Å². The van der Waals surface area contributed by atoms with E-state index in [-0.39, 0.29) is 5.88 Å². The maximum atomic E-state index is 12.7. The highest BCUT2D eigenvalue weighted by molar-refractivity contribution is 9.10. The van der Waals surface area contributed by atoms with Crippen molar-refractivity contribution in [3.8, 4) is 11.6 Å². The Balaban J connectivity index is 2.22. The van der Waals surface area contributed by atoms with Gasteiger partial charge in [0, 0.05) is 16.7 Å². The van der Waals surface area contributed by atoms with Gasteiger partial charge in [0.2, 0.25) is 11.8 Å². The molecule has 0 aromatic carbocycles. The van der Waals surface area contributed by atoms with E-state index in [1.54, 1.807) is 18.3 Å². The maximum Gasteiger partial charge on any atom is 0.221 e. The smallest absolute Gasteiger partial charge is 0.221 e. The number of nitrogens with zero attached hydrogens (tertiary/aromatic N) is 2. The molecule has 2 aromatic heterocycles. The van der Waals surface area contributed by atoms with Crippen LogP contribution in [0.1, 0.15) is 0 Å². The van der Waals surface area contributed by atoms with Gasteiger partial charge in [-0.15, -0.1) is 0 Å². The van der Waals surface area contributed by atoms with Crippen molar-refractivity contribution in [2.45, 2.75) is 0 Å². The molecule has 0 fully saturated rings. The third-order valence-corrected chi connectivity index (χ3v) is 2.03. The molecule has 0 spiro atoms. The molecule has 2 aromatic rings. The second-order valence-electron chi connectivity index (χ2n) is 2.74. The van der Waals surface area contributed by atoms with E-state index < -0.39 is 5.95 Å². The Morgan fingerprint density at radius 3 is 2.87 bits per heavy atom. The second kappa shape index (κ2) is 4.35. The molecule has 0 saturated heterocycles. The van der Waals surface area contributed by atoms with E-state index in [2.05, 4.69) is 25.9 Å². The van der Waals surface area contributed by atoms with Crippen molar-refractivity contribution in [2.75, 3.05) is 0 Å². The normalized spacial score (nSPS) is 10.0. The molecule has 0 atom stereocenters. The summed E-state index contributed by atoms with van der Waals surface area (Å²) in [5.41, 5.74) is 0. The zero-order valence-electron chi connectivity index (χ0n) is 7.52. The number of rotatable bonds is 2. The van der Waals surface area contributed by atoms with E-state index in [1.807, 2.05) is 0 Å². The van der Waals surface area contributed by atoms with Crippen molar-refractivity contribution < 1.29 is 9.13 Å². The molecule has 0 unspecified atom stereocenters. The molecule has 0 aliphatic carbocycles. The first-order valence-corrected chi connectivity index (χ1v) is 4.94. The largest absolute Gasteiger partial charge is 0.437 e. The number of aromatic nitrogens is 2.